The molecule has 0 aromatic heterocycles. The van der Waals surface area contributed by atoms with Gasteiger partial charge in [0.05, 0.1) is 43.5 Å². The van der Waals surface area contributed by atoms with Crippen molar-refractivity contribution in [2.24, 2.45) is 50.2 Å². The van der Waals surface area contributed by atoms with Crippen molar-refractivity contribution in [1.82, 2.24) is 0 Å². The van der Waals surface area contributed by atoms with E-state index in [4.69, 9.17) is 56.8 Å². The summed E-state index contributed by atoms with van der Waals surface area (Å²) >= 11 is 0. The Morgan fingerprint density at radius 2 is 1.04 bits per heavy atom. The molecule has 5 saturated heterocycles. The zero-order chi connectivity index (χ0) is 71.5. The molecule has 35 atom stereocenters. The summed E-state index contributed by atoms with van der Waals surface area (Å²) in [5.74, 6) is -3.34. The number of ether oxygens (including phenoxy) is 12. The maximum Gasteiger partial charge on any atom is 0.335 e. The molecule has 0 aromatic rings. The molecule has 0 radical (unpaired) electrons. The number of hydrogen-bond acceptors (Lipinski definition) is 29. The summed E-state index contributed by atoms with van der Waals surface area (Å²) in [5.41, 5.74) is -2.40. The largest absolute Gasteiger partial charge is 0.479 e. The maximum atomic E-state index is 13.7. The summed E-state index contributed by atoms with van der Waals surface area (Å²) in [4.78, 5) is 40.5. The number of carboxylic acids is 1. The van der Waals surface area contributed by atoms with Gasteiger partial charge in [0.15, 0.2) is 37.6 Å². The summed E-state index contributed by atoms with van der Waals surface area (Å²) in [7, 11) is 0. The lowest BCUT2D eigenvalue weighted by Crippen LogP contribution is -2.70. The van der Waals surface area contributed by atoms with E-state index in [-0.39, 0.29) is 29.6 Å². The number of carboxylic acid groups (broad SMARTS) is 1. The molecule has 5 aliphatic heterocycles. The SMILES string of the molecule is C/C=C(/C)C(=O)O[C@H]1CC(C)(C)C[C@H]2C3=CC[C@@H]4[C@@]5(C)CC[C@H](O[C@@H]6O[C@H](C(=O)O)[C@@H](O)[C@H](O[C@@H]7O[C@H](CO)[C@H](O)[C@H](O)[C@H]7O[C@@H]7O[C@@H](C)[C@H](O)[C@@H](O)[C@@H]7O[C@@H]7O[C@@H](C)[C@H](O)[C@@H](O)[C@H]7O)[C@H]6O[C@H]6O[C@H](CO)[C@@H](O)[C@H](O)[C@H]6O)C(C)(C)[C@@H]5CC[C@@]4(C)[C@]3(C)C[C@@H](OC(C)=O)[C@]12CO. The minimum atomic E-state index is -2.35. The van der Waals surface area contributed by atoms with Crippen LogP contribution in [-0.4, -0.2) is 286 Å². The number of rotatable bonds is 17. The monoisotopic (exact) mass is 1390 g/mol. The van der Waals surface area contributed by atoms with E-state index in [0.29, 0.717) is 50.5 Å². The molecule has 0 aromatic carbocycles. The average Bonchev–Trinajstić information content (AvgIpc) is 0.669. The van der Waals surface area contributed by atoms with Crippen molar-refractivity contribution >= 4 is 17.9 Å². The lowest BCUT2D eigenvalue weighted by Gasteiger charge is -2.72. The number of carbonyl (C=O) groups is 3. The average molecular weight is 1390 g/mol. The number of aliphatic hydroxyl groups excluding tert-OH is 14. The Balaban J connectivity index is 0.987. The first-order chi connectivity index (χ1) is 45.3. The van der Waals surface area contributed by atoms with Crippen LogP contribution >= 0.6 is 0 Å². The van der Waals surface area contributed by atoms with E-state index < -0.39 is 237 Å². The highest BCUT2D eigenvalue weighted by Gasteiger charge is 2.73. The lowest BCUT2D eigenvalue weighted by atomic mass is 9.33. The van der Waals surface area contributed by atoms with Gasteiger partial charge >= 0.3 is 17.9 Å². The van der Waals surface area contributed by atoms with Crippen LogP contribution in [0.15, 0.2) is 23.3 Å². The Hall–Kier alpha value is -3.07. The van der Waals surface area contributed by atoms with Gasteiger partial charge in [0, 0.05) is 12.5 Å². The van der Waals surface area contributed by atoms with Crippen molar-refractivity contribution < 1.29 is 148 Å². The maximum absolute atomic E-state index is 13.7. The smallest absolute Gasteiger partial charge is 0.335 e. The molecule has 10 aliphatic rings. The van der Waals surface area contributed by atoms with Crippen LogP contribution in [0.5, 0.6) is 0 Å². The van der Waals surface area contributed by atoms with Gasteiger partial charge in [-0.1, -0.05) is 66.2 Å². The summed E-state index contributed by atoms with van der Waals surface area (Å²) in [6.07, 6.45) is -42.4. The molecule has 0 spiro atoms. The number of fused-ring (bicyclic) bond motifs is 7. The van der Waals surface area contributed by atoms with Crippen LogP contribution in [-0.2, 0) is 71.2 Å². The predicted octanol–water partition coefficient (Wildman–Crippen LogP) is -1.56. The van der Waals surface area contributed by atoms with E-state index in [1.807, 2.05) is 13.8 Å². The quantitative estimate of drug-likeness (QED) is 0.0339. The molecular weight excluding hydrogens is 1280 g/mol. The molecule has 0 bridgehead atoms. The van der Waals surface area contributed by atoms with Crippen LogP contribution < -0.4 is 0 Å². The van der Waals surface area contributed by atoms with Gasteiger partial charge in [-0.3, -0.25) is 4.79 Å². The lowest BCUT2D eigenvalue weighted by molar-refractivity contribution is -0.412. The van der Waals surface area contributed by atoms with Crippen LogP contribution in [0.2, 0.25) is 0 Å². The van der Waals surface area contributed by atoms with Crippen LogP contribution in [0.4, 0.5) is 0 Å². The molecule has 5 aliphatic carbocycles. The van der Waals surface area contributed by atoms with Gasteiger partial charge in [-0.2, -0.15) is 0 Å². The zero-order valence-corrected chi connectivity index (χ0v) is 57.2. The second-order valence-electron chi connectivity index (χ2n) is 31.3. The van der Waals surface area contributed by atoms with Gasteiger partial charge in [-0.15, -0.1) is 0 Å². The Bertz CT molecular complexity index is 2860. The Labute approximate surface area is 563 Å². The van der Waals surface area contributed by atoms with Gasteiger partial charge in [0.25, 0.3) is 0 Å². The molecule has 5 heterocycles. The number of esters is 2. The van der Waals surface area contributed by atoms with Gasteiger partial charge in [-0.25, -0.2) is 9.59 Å². The standard InChI is InChI=1S/C67H106O30/c1-13-26(2)56(85)91-37-21-62(6,7)20-31-30-14-15-35-64(10)18-17-36(63(8,9)34(64)16-19-65(35,11)66(30,12)22-38(88-29(5)71)67(31,37)25-70)92-61-54(97-58-48(81)44(77)41(74)32(23-68)89-58)50(49(82)51(94-61)55(83)84)93-60-53(46(79)42(75)33(24-69)90-60)96-59-52(45(78)40(73)28(4)87-59)95-57-47(80)43(76)39(72)27(3)86-57/h13-14,27-28,31-54,57-61,68-70,72-82H,15-25H2,1-12H3,(H,83,84)/b26-13-/t27-,28-,31-,32+,33+,34-,35+,36-,37-,38+,39-,40-,41+,42-,43+,44-,45+,46-,47+,48+,49-,50-,51-,52-,53+,54+,57-,58+,59-,60-,61+,64-,65+,66+,67-/m0/s1. The first kappa shape index (κ1) is 76.6. The summed E-state index contributed by atoms with van der Waals surface area (Å²) in [6, 6.07) is 0. The molecule has 9 fully saturated rings. The van der Waals surface area contributed by atoms with E-state index >= 15 is 0 Å². The molecule has 0 unspecified atom stereocenters. The minimum Gasteiger partial charge on any atom is -0.479 e. The number of aliphatic carboxylic acids is 1. The molecule has 15 N–H and O–H groups in total. The van der Waals surface area contributed by atoms with Crippen molar-refractivity contribution in [3.63, 3.8) is 0 Å². The number of hydrogen-bond donors (Lipinski definition) is 15. The van der Waals surface area contributed by atoms with Crippen molar-refractivity contribution in [2.45, 2.75) is 306 Å². The van der Waals surface area contributed by atoms with Crippen LogP contribution in [0.25, 0.3) is 0 Å². The van der Waals surface area contributed by atoms with Crippen LogP contribution in [0.1, 0.15) is 134 Å². The van der Waals surface area contributed by atoms with Gasteiger partial charge < -0.3 is 133 Å². The topological polar surface area (TPSA) is 465 Å². The predicted molar refractivity (Wildman–Crippen MR) is 329 cm³/mol. The molecule has 97 heavy (non-hydrogen) atoms. The van der Waals surface area contributed by atoms with E-state index in [1.165, 1.54) is 20.8 Å². The minimum absolute atomic E-state index is 0.0233. The highest BCUT2D eigenvalue weighted by atomic mass is 16.8. The van der Waals surface area contributed by atoms with Crippen LogP contribution in [0, 0.1) is 50.2 Å². The summed E-state index contributed by atoms with van der Waals surface area (Å²) < 4.78 is 74.7. The first-order valence-corrected chi connectivity index (χ1v) is 34.1. The third kappa shape index (κ3) is 13.2. The molecular formula is C67H106O30. The fourth-order valence-electron chi connectivity index (χ4n) is 19.0. The van der Waals surface area contributed by atoms with Gasteiger partial charge in [-0.05, 0) is 124 Å². The molecule has 0 amide bonds. The molecule has 10 rings (SSSR count). The highest BCUT2D eigenvalue weighted by molar-refractivity contribution is 5.87. The third-order valence-corrected chi connectivity index (χ3v) is 24.8. The number of allylic oxidation sites excluding steroid dienone is 3. The second kappa shape index (κ2) is 28.5. The van der Waals surface area contributed by atoms with E-state index in [2.05, 4.69) is 40.7 Å². The molecule has 554 valence electrons. The van der Waals surface area contributed by atoms with Crippen molar-refractivity contribution in [2.75, 3.05) is 19.8 Å². The fourth-order valence-corrected chi connectivity index (χ4v) is 19.0. The molecule has 30 heteroatoms. The van der Waals surface area contributed by atoms with Crippen molar-refractivity contribution in [3.05, 3.63) is 23.3 Å². The highest BCUT2D eigenvalue weighted by Crippen LogP contribution is 2.76. The Morgan fingerprint density at radius 3 is 1.63 bits per heavy atom. The van der Waals surface area contributed by atoms with E-state index in [9.17, 15) is 91.0 Å². The third-order valence-electron chi connectivity index (χ3n) is 24.8. The molecule has 4 saturated carbocycles. The number of aliphatic hydroxyl groups is 14. The van der Waals surface area contributed by atoms with Crippen molar-refractivity contribution in [1.29, 1.82) is 0 Å². The van der Waals surface area contributed by atoms with Crippen molar-refractivity contribution in [3.8, 4) is 0 Å². The zero-order valence-electron chi connectivity index (χ0n) is 57.2. The second-order valence-corrected chi connectivity index (χ2v) is 31.3. The van der Waals surface area contributed by atoms with Crippen LogP contribution in [0.3, 0.4) is 0 Å². The summed E-state index contributed by atoms with van der Waals surface area (Å²) in [5, 5.41) is 167. The van der Waals surface area contributed by atoms with E-state index in [0.717, 1.165) is 5.57 Å². The fraction of sp³-hybridized carbons (Fsp3) is 0.896. The summed E-state index contributed by atoms with van der Waals surface area (Å²) in [6.45, 7) is 20.2. The number of carbonyl (C=O) groups excluding carboxylic acids is 2. The Kier molecular flexibility index (Phi) is 22.5. The van der Waals surface area contributed by atoms with E-state index in [1.54, 1.807) is 19.9 Å². The Morgan fingerprint density at radius 1 is 0.536 bits per heavy atom. The first-order valence-electron chi connectivity index (χ1n) is 34.1. The van der Waals surface area contributed by atoms with Gasteiger partial charge in [0.2, 0.25) is 0 Å². The van der Waals surface area contributed by atoms with Gasteiger partial charge in [0.1, 0.15) is 116 Å². The normalized spacial score (nSPS) is 51.3. The molecule has 30 nitrogen and oxygen atoms in total.